The van der Waals surface area contributed by atoms with Crippen LogP contribution in [0.1, 0.15) is 41.9 Å². The lowest BCUT2D eigenvalue weighted by Crippen LogP contribution is -2.29. The average Bonchev–Trinajstić information content (AvgIpc) is 3.63. The number of imidazole rings is 1. The SMILES string of the molecule is COCC[N+]1=CC=N[C]1c1cc(C(F)(F)F)c2cn(-c3cccc([C@H]([C]4N=NC=[N+]4C)C4CCC4)c3)c(=O)n2c1. The summed E-state index contributed by atoms with van der Waals surface area (Å²) in [4.78, 5) is 17.9. The average molecular weight is 552 g/mol. The van der Waals surface area contributed by atoms with Crippen molar-refractivity contribution in [3.63, 3.8) is 0 Å². The number of likely N-dealkylation sites (N-methyl/N-ethyl adjacent to an activating group) is 1. The van der Waals surface area contributed by atoms with Gasteiger partial charge in [-0.25, -0.2) is 14.4 Å². The van der Waals surface area contributed by atoms with Crippen LogP contribution < -0.4 is 5.69 Å². The van der Waals surface area contributed by atoms with Crippen molar-refractivity contribution in [3.05, 3.63) is 82.2 Å². The summed E-state index contributed by atoms with van der Waals surface area (Å²) < 4.78 is 53.9. The number of hydrogen-bond donors (Lipinski definition) is 0. The van der Waals surface area contributed by atoms with Crippen molar-refractivity contribution in [1.29, 1.82) is 0 Å². The van der Waals surface area contributed by atoms with Crippen LogP contribution in [0.4, 0.5) is 13.2 Å². The number of benzene rings is 1. The van der Waals surface area contributed by atoms with E-state index in [4.69, 9.17) is 4.74 Å². The van der Waals surface area contributed by atoms with Gasteiger partial charge in [-0.2, -0.15) is 17.7 Å². The highest BCUT2D eigenvalue weighted by Crippen LogP contribution is 2.46. The number of aliphatic imine (C=N–C) groups is 1. The molecule has 2 radical (unpaired) electrons. The summed E-state index contributed by atoms with van der Waals surface area (Å²) in [6.45, 7) is 0.766. The zero-order valence-corrected chi connectivity index (χ0v) is 22.0. The minimum Gasteiger partial charge on any atom is -0.378 e. The van der Waals surface area contributed by atoms with Crippen LogP contribution in [0.3, 0.4) is 0 Å². The van der Waals surface area contributed by atoms with Gasteiger partial charge in [0, 0.05) is 19.5 Å². The number of fused-ring (bicyclic) bond motifs is 1. The minimum absolute atomic E-state index is 0.0303. The van der Waals surface area contributed by atoms with Crippen LogP contribution >= 0.6 is 0 Å². The van der Waals surface area contributed by atoms with Gasteiger partial charge in [-0.05, 0) is 47.6 Å². The molecule has 0 bridgehead atoms. The summed E-state index contributed by atoms with van der Waals surface area (Å²) in [5.41, 5.74) is -0.142. The number of nitrogens with zero attached hydrogens (tertiary/aromatic N) is 7. The molecule has 0 saturated heterocycles. The third-order valence-corrected chi connectivity index (χ3v) is 7.74. The van der Waals surface area contributed by atoms with Crippen molar-refractivity contribution >= 4 is 24.3 Å². The van der Waals surface area contributed by atoms with Crippen LogP contribution in [0.15, 0.2) is 62.7 Å². The number of hydrogen-bond acceptors (Lipinski definition) is 5. The van der Waals surface area contributed by atoms with E-state index < -0.39 is 17.4 Å². The first-order chi connectivity index (χ1) is 19.3. The third kappa shape index (κ3) is 4.59. The van der Waals surface area contributed by atoms with E-state index in [9.17, 15) is 18.0 Å². The van der Waals surface area contributed by atoms with Gasteiger partial charge in [0.1, 0.15) is 6.61 Å². The lowest BCUT2D eigenvalue weighted by atomic mass is 9.71. The number of rotatable bonds is 8. The van der Waals surface area contributed by atoms with Crippen molar-refractivity contribution < 1.29 is 27.1 Å². The zero-order chi connectivity index (χ0) is 28.0. The van der Waals surface area contributed by atoms with Crippen LogP contribution in [-0.2, 0) is 10.9 Å². The van der Waals surface area contributed by atoms with Crippen molar-refractivity contribution in [1.82, 2.24) is 8.97 Å². The summed E-state index contributed by atoms with van der Waals surface area (Å²) in [5, 5.41) is 8.40. The molecule has 0 spiro atoms. The molecular formula is C28H28F3N7O2+2. The van der Waals surface area contributed by atoms with E-state index in [0.29, 0.717) is 30.9 Å². The van der Waals surface area contributed by atoms with Crippen LogP contribution in [0, 0.1) is 18.2 Å². The van der Waals surface area contributed by atoms with Gasteiger partial charge < -0.3 is 4.74 Å². The Bertz CT molecular complexity index is 1630. The fraction of sp³-hybridized carbons (Fsp3) is 0.357. The molecule has 1 aliphatic carbocycles. The smallest absolute Gasteiger partial charge is 0.378 e. The molecule has 0 unspecified atom stereocenters. The first-order valence-corrected chi connectivity index (χ1v) is 13.1. The number of methoxy groups -OCH3 is 1. The fourth-order valence-corrected chi connectivity index (χ4v) is 5.51. The molecule has 1 saturated carbocycles. The van der Waals surface area contributed by atoms with E-state index in [-0.39, 0.29) is 17.0 Å². The molecule has 2 aromatic heterocycles. The molecule has 12 heteroatoms. The second-order valence-corrected chi connectivity index (χ2v) is 10.2. The third-order valence-electron chi connectivity index (χ3n) is 7.74. The Morgan fingerprint density at radius 1 is 1.20 bits per heavy atom. The Morgan fingerprint density at radius 3 is 2.70 bits per heavy atom. The molecule has 3 aliphatic rings. The normalized spacial score (nSPS) is 18.9. The van der Waals surface area contributed by atoms with Crippen LogP contribution in [0.5, 0.6) is 0 Å². The van der Waals surface area contributed by atoms with Crippen LogP contribution in [-0.4, -0.2) is 64.2 Å². The van der Waals surface area contributed by atoms with Gasteiger partial charge in [0.25, 0.3) is 0 Å². The molecule has 0 N–H and O–H groups in total. The van der Waals surface area contributed by atoms with Gasteiger partial charge >= 0.3 is 30.5 Å². The molecule has 1 atom stereocenters. The monoisotopic (exact) mass is 551 g/mol. The van der Waals surface area contributed by atoms with E-state index in [1.54, 1.807) is 30.3 Å². The second-order valence-electron chi connectivity index (χ2n) is 10.2. The number of halogens is 3. The summed E-state index contributed by atoms with van der Waals surface area (Å²) in [6, 6.07) is 8.43. The Hall–Kier alpha value is -3.93. The van der Waals surface area contributed by atoms with Crippen LogP contribution in [0.2, 0.25) is 0 Å². The molecule has 3 aromatic rings. The van der Waals surface area contributed by atoms with E-state index in [0.717, 1.165) is 41.5 Å². The molecule has 1 aromatic carbocycles. The highest BCUT2D eigenvalue weighted by atomic mass is 19.4. The van der Waals surface area contributed by atoms with Gasteiger partial charge in [0.2, 0.25) is 0 Å². The predicted octanol–water partition coefficient (Wildman–Crippen LogP) is 4.27. The summed E-state index contributed by atoms with van der Waals surface area (Å²) in [6.07, 6.45) is 7.20. The maximum Gasteiger partial charge on any atom is 0.418 e. The largest absolute Gasteiger partial charge is 0.418 e. The molecule has 0 amide bonds. The van der Waals surface area contributed by atoms with E-state index in [1.165, 1.54) is 23.2 Å². The Balaban J connectivity index is 1.45. The maximum atomic E-state index is 14.3. The number of azo groups is 1. The van der Waals surface area contributed by atoms with Crippen LogP contribution in [0.25, 0.3) is 11.2 Å². The molecule has 9 nitrogen and oxygen atoms in total. The van der Waals surface area contributed by atoms with Gasteiger partial charge in [-0.15, -0.1) is 0 Å². The van der Waals surface area contributed by atoms with Crippen molar-refractivity contribution in [2.24, 2.45) is 21.1 Å². The van der Waals surface area contributed by atoms with E-state index in [1.807, 2.05) is 29.8 Å². The van der Waals surface area contributed by atoms with Crippen molar-refractivity contribution in [2.45, 2.75) is 31.4 Å². The molecule has 6 rings (SSSR count). The topological polar surface area (TPSA) is 78.7 Å². The molecular weight excluding hydrogens is 523 g/mol. The van der Waals surface area contributed by atoms with E-state index in [2.05, 4.69) is 15.2 Å². The standard InChI is InChI=1S/C28H28F3N7O2/c1-35-17-33-34-26(35)24(18-5-3-6-18)19-7-4-8-21(13-19)37-16-23-22(28(29,30)31)14-20(15-38(23)27(37)39)25-32-9-10-36(25)11-12-40-2/h4,7-10,13-18,24H,3,5-6,11-12H2,1-2H3/q+2/t24-/m1/s1. The number of aromatic nitrogens is 2. The van der Waals surface area contributed by atoms with E-state index >= 15 is 0 Å². The first kappa shape index (κ1) is 26.3. The fourth-order valence-electron chi connectivity index (χ4n) is 5.51. The molecule has 206 valence electrons. The van der Waals surface area contributed by atoms with Crippen molar-refractivity contribution in [2.75, 3.05) is 27.3 Å². The summed E-state index contributed by atoms with van der Waals surface area (Å²) in [7, 11) is 3.44. The summed E-state index contributed by atoms with van der Waals surface area (Å²) >= 11 is 0. The highest BCUT2D eigenvalue weighted by Gasteiger charge is 2.42. The van der Waals surface area contributed by atoms with Gasteiger partial charge in [-0.3, -0.25) is 8.97 Å². The minimum atomic E-state index is -4.69. The molecule has 2 aliphatic heterocycles. The zero-order valence-electron chi connectivity index (χ0n) is 22.0. The predicted molar refractivity (Wildman–Crippen MR) is 142 cm³/mol. The molecule has 4 heterocycles. The Kier molecular flexibility index (Phi) is 6.73. The van der Waals surface area contributed by atoms with Gasteiger partial charge in [0.15, 0.2) is 12.8 Å². The summed E-state index contributed by atoms with van der Waals surface area (Å²) in [5.74, 6) is 0.349. The maximum absolute atomic E-state index is 14.3. The Labute approximate surface area is 228 Å². The lowest BCUT2D eigenvalue weighted by Gasteiger charge is -2.34. The number of alkyl halides is 3. The highest BCUT2D eigenvalue weighted by molar-refractivity contribution is 6.15. The van der Waals surface area contributed by atoms with Gasteiger partial charge in [-0.1, -0.05) is 18.6 Å². The molecule has 1 fully saturated rings. The Morgan fingerprint density at radius 2 is 2.02 bits per heavy atom. The van der Waals surface area contributed by atoms with Crippen molar-refractivity contribution in [3.8, 4) is 5.69 Å². The number of ether oxygens (including phenoxy) is 1. The number of pyridine rings is 1. The second kappa shape index (κ2) is 10.2. The first-order valence-electron chi connectivity index (χ1n) is 13.1. The lowest BCUT2D eigenvalue weighted by molar-refractivity contribution is -0.501. The quantitative estimate of drug-likeness (QED) is 0.392. The van der Waals surface area contributed by atoms with Gasteiger partial charge in [0.05, 0.1) is 46.6 Å². The molecule has 40 heavy (non-hydrogen) atoms.